The van der Waals surface area contributed by atoms with E-state index in [2.05, 4.69) is 35.9 Å². The van der Waals surface area contributed by atoms with E-state index in [9.17, 15) is 0 Å². The normalized spacial score (nSPS) is 21.2. The first-order chi connectivity index (χ1) is 7.81. The molecule has 1 unspecified atom stereocenters. The molecule has 0 saturated carbocycles. The number of rotatable bonds is 8. The summed E-state index contributed by atoms with van der Waals surface area (Å²) in [6.07, 6.45) is 2.64. The Labute approximate surface area is 101 Å². The Morgan fingerprint density at radius 3 is 2.31 bits per heavy atom. The molecule has 3 nitrogen and oxygen atoms in total. The molecule has 0 aromatic heterocycles. The van der Waals surface area contributed by atoms with Gasteiger partial charge in [-0.25, -0.2) is 0 Å². The van der Waals surface area contributed by atoms with Crippen LogP contribution in [0.4, 0.5) is 0 Å². The molecule has 1 atom stereocenters. The first-order valence-corrected chi connectivity index (χ1v) is 6.98. The number of hydrogen-bond acceptors (Lipinski definition) is 3. The van der Waals surface area contributed by atoms with E-state index < -0.39 is 0 Å². The lowest BCUT2D eigenvalue weighted by molar-refractivity contribution is 0.199. The summed E-state index contributed by atoms with van der Waals surface area (Å²) in [5.74, 6) is 0. The fourth-order valence-corrected chi connectivity index (χ4v) is 2.59. The van der Waals surface area contributed by atoms with E-state index in [0.29, 0.717) is 0 Å². The van der Waals surface area contributed by atoms with Crippen LogP contribution in [0.5, 0.6) is 0 Å². The minimum Gasteiger partial charge on any atom is -0.315 e. The van der Waals surface area contributed by atoms with Gasteiger partial charge in [0.15, 0.2) is 0 Å². The zero-order chi connectivity index (χ0) is 11.8. The Morgan fingerprint density at radius 2 is 1.81 bits per heavy atom. The van der Waals surface area contributed by atoms with E-state index >= 15 is 0 Å². The van der Waals surface area contributed by atoms with Gasteiger partial charge >= 0.3 is 0 Å². The lowest BCUT2D eigenvalue weighted by Crippen LogP contribution is -2.38. The number of nitrogens with one attached hydrogen (secondary N) is 1. The molecule has 1 aliphatic rings. The van der Waals surface area contributed by atoms with Gasteiger partial charge in [0.25, 0.3) is 0 Å². The Bertz CT molecular complexity index is 163. The van der Waals surface area contributed by atoms with Crippen LogP contribution in [-0.4, -0.2) is 61.7 Å². The van der Waals surface area contributed by atoms with E-state index in [1.807, 2.05) is 0 Å². The Balaban J connectivity index is 2.17. The third-order valence-electron chi connectivity index (χ3n) is 3.77. The van der Waals surface area contributed by atoms with E-state index in [4.69, 9.17) is 0 Å². The fraction of sp³-hybridized carbons (Fsp3) is 1.00. The third kappa shape index (κ3) is 4.40. The van der Waals surface area contributed by atoms with Crippen molar-refractivity contribution >= 4 is 0 Å². The molecule has 16 heavy (non-hydrogen) atoms. The van der Waals surface area contributed by atoms with Crippen LogP contribution in [0, 0.1) is 0 Å². The highest BCUT2D eigenvalue weighted by atomic mass is 15.2. The van der Waals surface area contributed by atoms with Gasteiger partial charge in [-0.1, -0.05) is 20.8 Å². The Kier molecular flexibility index (Phi) is 7.01. The quantitative estimate of drug-likeness (QED) is 0.676. The smallest absolute Gasteiger partial charge is 0.0232 e. The number of likely N-dealkylation sites (N-methyl/N-ethyl adjacent to an activating group) is 1. The largest absolute Gasteiger partial charge is 0.315 e. The van der Waals surface area contributed by atoms with Gasteiger partial charge in [0.1, 0.15) is 0 Å². The van der Waals surface area contributed by atoms with Crippen LogP contribution in [0.2, 0.25) is 0 Å². The molecule has 0 aliphatic carbocycles. The SMILES string of the molecule is CCN(CC)CCCN(CC)C1CCNC1. The summed E-state index contributed by atoms with van der Waals surface area (Å²) in [4.78, 5) is 5.16. The maximum Gasteiger partial charge on any atom is 0.0232 e. The predicted molar refractivity (Wildman–Crippen MR) is 70.9 cm³/mol. The van der Waals surface area contributed by atoms with Crippen molar-refractivity contribution < 1.29 is 0 Å². The highest BCUT2D eigenvalue weighted by molar-refractivity contribution is 4.80. The molecular formula is C13H29N3. The summed E-state index contributed by atoms with van der Waals surface area (Å²) in [5, 5.41) is 3.46. The maximum absolute atomic E-state index is 3.46. The molecule has 0 aromatic carbocycles. The second-order valence-electron chi connectivity index (χ2n) is 4.66. The summed E-state index contributed by atoms with van der Waals surface area (Å²) >= 11 is 0. The van der Waals surface area contributed by atoms with Crippen LogP contribution in [-0.2, 0) is 0 Å². The van der Waals surface area contributed by atoms with Crippen molar-refractivity contribution in [3.8, 4) is 0 Å². The maximum atomic E-state index is 3.46. The van der Waals surface area contributed by atoms with Gasteiger partial charge < -0.3 is 10.2 Å². The number of nitrogens with zero attached hydrogens (tertiary/aromatic N) is 2. The zero-order valence-electron chi connectivity index (χ0n) is 11.3. The first kappa shape index (κ1) is 13.9. The van der Waals surface area contributed by atoms with Gasteiger partial charge in [-0.3, -0.25) is 4.90 Å². The van der Waals surface area contributed by atoms with Gasteiger partial charge in [0.05, 0.1) is 0 Å². The highest BCUT2D eigenvalue weighted by Gasteiger charge is 2.20. The molecule has 0 aromatic rings. The lowest BCUT2D eigenvalue weighted by atomic mass is 10.2. The van der Waals surface area contributed by atoms with Gasteiger partial charge in [0, 0.05) is 12.6 Å². The van der Waals surface area contributed by atoms with Crippen molar-refractivity contribution in [1.29, 1.82) is 0 Å². The average Bonchev–Trinajstić information content (AvgIpc) is 2.83. The van der Waals surface area contributed by atoms with Gasteiger partial charge in [-0.15, -0.1) is 0 Å². The van der Waals surface area contributed by atoms with Gasteiger partial charge in [-0.2, -0.15) is 0 Å². The molecule has 1 N–H and O–H groups in total. The summed E-state index contributed by atoms with van der Waals surface area (Å²) in [6.45, 7) is 15.3. The Morgan fingerprint density at radius 1 is 1.06 bits per heavy atom. The molecule has 1 heterocycles. The zero-order valence-corrected chi connectivity index (χ0v) is 11.3. The molecule has 3 heteroatoms. The summed E-state index contributed by atoms with van der Waals surface area (Å²) in [7, 11) is 0. The molecule has 1 saturated heterocycles. The lowest BCUT2D eigenvalue weighted by Gasteiger charge is -2.28. The van der Waals surface area contributed by atoms with Gasteiger partial charge in [0.2, 0.25) is 0 Å². The van der Waals surface area contributed by atoms with Crippen LogP contribution in [0.25, 0.3) is 0 Å². The van der Waals surface area contributed by atoms with Crippen molar-refractivity contribution in [2.75, 3.05) is 45.8 Å². The average molecular weight is 227 g/mol. The molecule has 1 fully saturated rings. The highest BCUT2D eigenvalue weighted by Crippen LogP contribution is 2.08. The van der Waals surface area contributed by atoms with Crippen molar-refractivity contribution in [1.82, 2.24) is 15.1 Å². The predicted octanol–water partition coefficient (Wildman–Crippen LogP) is 1.40. The standard InChI is InChI=1S/C13H29N3/c1-4-15(5-2)10-7-11-16(6-3)13-8-9-14-12-13/h13-14H,4-12H2,1-3H3. The monoisotopic (exact) mass is 227 g/mol. The second kappa shape index (κ2) is 8.04. The summed E-state index contributed by atoms with van der Waals surface area (Å²) in [5.41, 5.74) is 0. The van der Waals surface area contributed by atoms with Gasteiger partial charge in [-0.05, 0) is 52.1 Å². The van der Waals surface area contributed by atoms with Crippen LogP contribution in [0.3, 0.4) is 0 Å². The minimum atomic E-state index is 0.793. The van der Waals surface area contributed by atoms with Crippen LogP contribution in [0.15, 0.2) is 0 Å². The van der Waals surface area contributed by atoms with Crippen LogP contribution >= 0.6 is 0 Å². The molecule has 0 radical (unpaired) electrons. The molecule has 96 valence electrons. The fourth-order valence-electron chi connectivity index (χ4n) is 2.59. The molecule has 0 amide bonds. The van der Waals surface area contributed by atoms with Crippen molar-refractivity contribution in [2.24, 2.45) is 0 Å². The minimum absolute atomic E-state index is 0.793. The summed E-state index contributed by atoms with van der Waals surface area (Å²) in [6, 6.07) is 0.793. The molecule has 1 aliphatic heterocycles. The number of hydrogen-bond donors (Lipinski definition) is 1. The topological polar surface area (TPSA) is 18.5 Å². The third-order valence-corrected chi connectivity index (χ3v) is 3.77. The summed E-state index contributed by atoms with van der Waals surface area (Å²) < 4.78 is 0. The molecule has 0 spiro atoms. The molecular weight excluding hydrogens is 198 g/mol. The van der Waals surface area contributed by atoms with E-state index in [1.165, 1.54) is 58.7 Å². The van der Waals surface area contributed by atoms with Crippen molar-refractivity contribution in [3.63, 3.8) is 0 Å². The Hall–Kier alpha value is -0.120. The van der Waals surface area contributed by atoms with Crippen molar-refractivity contribution in [3.05, 3.63) is 0 Å². The van der Waals surface area contributed by atoms with E-state index in [-0.39, 0.29) is 0 Å². The second-order valence-corrected chi connectivity index (χ2v) is 4.66. The first-order valence-electron chi connectivity index (χ1n) is 6.98. The van der Waals surface area contributed by atoms with Crippen LogP contribution < -0.4 is 5.32 Å². The van der Waals surface area contributed by atoms with E-state index in [1.54, 1.807) is 0 Å². The molecule has 1 rings (SSSR count). The molecule has 0 bridgehead atoms. The van der Waals surface area contributed by atoms with E-state index in [0.717, 1.165) is 6.04 Å². The van der Waals surface area contributed by atoms with Crippen LogP contribution in [0.1, 0.15) is 33.6 Å². The van der Waals surface area contributed by atoms with Crippen molar-refractivity contribution in [2.45, 2.75) is 39.7 Å².